The van der Waals surface area contributed by atoms with Gasteiger partial charge in [0.05, 0.1) is 5.69 Å². The van der Waals surface area contributed by atoms with Gasteiger partial charge in [0.2, 0.25) is 0 Å². The van der Waals surface area contributed by atoms with Crippen LogP contribution in [0.5, 0.6) is 0 Å². The second-order valence-corrected chi connectivity index (χ2v) is 6.83. The van der Waals surface area contributed by atoms with E-state index in [1.165, 1.54) is 5.56 Å². The number of aromatic amines is 1. The minimum Gasteiger partial charge on any atom is -0.370 e. The van der Waals surface area contributed by atoms with E-state index >= 15 is 0 Å². The van der Waals surface area contributed by atoms with Crippen LogP contribution in [0.1, 0.15) is 30.2 Å². The molecule has 8 nitrogen and oxygen atoms in total. The topological polar surface area (TPSA) is 125 Å². The van der Waals surface area contributed by atoms with E-state index in [0.717, 1.165) is 48.3 Å². The Balaban J connectivity index is 1.70. The Morgan fingerprint density at radius 1 is 1.32 bits per heavy atom. The zero-order chi connectivity index (χ0) is 20.1. The van der Waals surface area contributed by atoms with E-state index in [4.69, 9.17) is 11.1 Å². The van der Waals surface area contributed by atoms with Gasteiger partial charge >= 0.3 is 5.69 Å². The van der Waals surface area contributed by atoms with E-state index in [2.05, 4.69) is 27.5 Å². The van der Waals surface area contributed by atoms with Crippen LogP contribution < -0.4 is 22.1 Å². The van der Waals surface area contributed by atoms with Crippen molar-refractivity contribution >= 4 is 17.0 Å². The fourth-order valence-corrected chi connectivity index (χ4v) is 3.11. The number of hydrogen-bond acceptors (Lipinski definition) is 4. The van der Waals surface area contributed by atoms with Gasteiger partial charge in [-0.05, 0) is 55.6 Å². The van der Waals surface area contributed by atoms with Gasteiger partial charge in [-0.15, -0.1) is 0 Å². The van der Waals surface area contributed by atoms with Crippen LogP contribution in [0.2, 0.25) is 0 Å². The number of guanidine groups is 1. The molecule has 2 aromatic heterocycles. The molecular weight excluding hydrogens is 354 g/mol. The maximum atomic E-state index is 12.4. The van der Waals surface area contributed by atoms with Gasteiger partial charge in [-0.2, -0.15) is 4.98 Å². The van der Waals surface area contributed by atoms with Crippen molar-refractivity contribution in [1.82, 2.24) is 25.2 Å². The van der Waals surface area contributed by atoms with Crippen molar-refractivity contribution in [3.63, 3.8) is 0 Å². The summed E-state index contributed by atoms with van der Waals surface area (Å²) in [5, 5.41) is 14.2. The Labute approximate surface area is 163 Å². The van der Waals surface area contributed by atoms with E-state index < -0.39 is 0 Å². The Morgan fingerprint density at radius 3 is 2.86 bits per heavy atom. The van der Waals surface area contributed by atoms with Gasteiger partial charge in [-0.25, -0.2) is 4.79 Å². The number of nitrogens with one attached hydrogen (secondary N) is 4. The van der Waals surface area contributed by atoms with Gasteiger partial charge in [0.25, 0.3) is 0 Å². The van der Waals surface area contributed by atoms with Crippen molar-refractivity contribution in [3.05, 3.63) is 57.8 Å². The summed E-state index contributed by atoms with van der Waals surface area (Å²) in [6.07, 6.45) is 3.60. The lowest BCUT2D eigenvalue weighted by molar-refractivity contribution is 0.637. The lowest BCUT2D eigenvalue weighted by atomic mass is 10.1. The predicted molar refractivity (Wildman–Crippen MR) is 112 cm³/mol. The minimum atomic E-state index is -0.291. The quantitative estimate of drug-likeness (QED) is 0.230. The number of hydrogen-bond donors (Lipinski definition) is 5. The summed E-state index contributed by atoms with van der Waals surface area (Å²) in [7, 11) is 0. The van der Waals surface area contributed by atoms with Crippen LogP contribution in [0.25, 0.3) is 16.7 Å². The van der Waals surface area contributed by atoms with Gasteiger partial charge in [0.1, 0.15) is 5.65 Å². The summed E-state index contributed by atoms with van der Waals surface area (Å²) in [4.78, 5) is 19.8. The summed E-state index contributed by atoms with van der Waals surface area (Å²) >= 11 is 0. The molecule has 8 heteroatoms. The molecule has 0 bridgehead atoms. The number of nitrogens with zero attached hydrogens (tertiary/aromatic N) is 2. The highest BCUT2D eigenvalue weighted by Crippen LogP contribution is 2.17. The van der Waals surface area contributed by atoms with E-state index in [9.17, 15) is 4.79 Å². The molecule has 28 heavy (non-hydrogen) atoms. The van der Waals surface area contributed by atoms with Crippen LogP contribution in [0.15, 0.2) is 35.3 Å². The van der Waals surface area contributed by atoms with Crippen LogP contribution in [0, 0.1) is 12.3 Å². The molecule has 0 saturated heterocycles. The highest BCUT2D eigenvalue weighted by molar-refractivity contribution is 5.75. The predicted octanol–water partition coefficient (Wildman–Crippen LogP) is 1.55. The summed E-state index contributed by atoms with van der Waals surface area (Å²) < 4.78 is 1.59. The van der Waals surface area contributed by atoms with Crippen molar-refractivity contribution in [2.75, 3.05) is 13.1 Å². The molecule has 0 aliphatic heterocycles. The molecule has 3 rings (SSSR count). The van der Waals surface area contributed by atoms with E-state index in [1.54, 1.807) is 4.57 Å². The van der Waals surface area contributed by atoms with E-state index in [0.29, 0.717) is 12.2 Å². The normalized spacial score (nSPS) is 11.1. The number of fused-ring (bicyclic) bond motifs is 1. The summed E-state index contributed by atoms with van der Waals surface area (Å²) in [6.45, 7) is 6.36. The van der Waals surface area contributed by atoms with Crippen molar-refractivity contribution in [3.8, 4) is 5.69 Å². The van der Waals surface area contributed by atoms with Gasteiger partial charge in [0, 0.05) is 30.4 Å². The molecule has 3 aromatic rings. The highest BCUT2D eigenvalue weighted by atomic mass is 16.1. The van der Waals surface area contributed by atoms with Gasteiger partial charge in [0.15, 0.2) is 5.96 Å². The highest BCUT2D eigenvalue weighted by Gasteiger charge is 2.08. The van der Waals surface area contributed by atoms with Gasteiger partial charge in [-0.1, -0.05) is 13.0 Å². The average Bonchev–Trinajstić information content (AvgIpc) is 3.06. The molecule has 0 aliphatic rings. The Hall–Kier alpha value is -3.13. The standard InChI is InChI=1S/C20H27N7O/c1-3-16-10-15-12-27(20(28)26-18(15)25-16)17-6-5-14(13(2)9-17)11-23-7-4-8-24-19(21)22/h5-6,9-10,12,23H,3-4,7-8,11H2,1-2H3,(H4,21,22,24)(H,25,26,28). The van der Waals surface area contributed by atoms with Gasteiger partial charge in [-0.3, -0.25) is 9.98 Å². The lowest BCUT2D eigenvalue weighted by Gasteiger charge is -2.11. The Kier molecular flexibility index (Phi) is 6.10. The smallest absolute Gasteiger partial charge is 0.354 e. The first-order chi connectivity index (χ1) is 13.5. The number of aryl methyl sites for hydroxylation is 2. The maximum absolute atomic E-state index is 12.4. The minimum absolute atomic E-state index is 0.0000831. The van der Waals surface area contributed by atoms with Crippen LogP contribution in [-0.2, 0) is 13.0 Å². The number of rotatable bonds is 8. The fourth-order valence-electron chi connectivity index (χ4n) is 3.11. The second kappa shape index (κ2) is 8.71. The van der Waals surface area contributed by atoms with E-state index in [-0.39, 0.29) is 11.6 Å². The SMILES string of the molecule is CCc1cc2cn(-c3ccc(CNCCCNC(=N)N)c(C)c3)c(=O)nc2[nH]1. The molecule has 0 aliphatic carbocycles. The van der Waals surface area contributed by atoms with Crippen LogP contribution >= 0.6 is 0 Å². The number of aromatic nitrogens is 3. The summed E-state index contributed by atoms with van der Waals surface area (Å²) in [6, 6.07) is 8.03. The van der Waals surface area contributed by atoms with Crippen molar-refractivity contribution < 1.29 is 0 Å². The molecule has 0 amide bonds. The molecule has 1 aromatic carbocycles. The fraction of sp³-hybridized carbons (Fsp3) is 0.350. The molecule has 0 atom stereocenters. The molecule has 0 spiro atoms. The largest absolute Gasteiger partial charge is 0.370 e. The third kappa shape index (κ3) is 4.58. The molecule has 148 valence electrons. The molecule has 0 radical (unpaired) electrons. The Bertz CT molecular complexity index is 1030. The van der Waals surface area contributed by atoms with Crippen molar-refractivity contribution in [2.45, 2.75) is 33.2 Å². The first-order valence-corrected chi connectivity index (χ1v) is 9.47. The molecular formula is C20H27N7O. The first-order valence-electron chi connectivity index (χ1n) is 9.47. The maximum Gasteiger partial charge on any atom is 0.354 e. The number of nitrogens with two attached hydrogens (primary N) is 1. The van der Waals surface area contributed by atoms with Crippen molar-refractivity contribution in [1.29, 1.82) is 5.41 Å². The first kappa shape index (κ1) is 19.6. The molecule has 6 N–H and O–H groups in total. The van der Waals surface area contributed by atoms with Crippen molar-refractivity contribution in [2.24, 2.45) is 5.73 Å². The van der Waals surface area contributed by atoms with Gasteiger partial charge < -0.3 is 21.4 Å². The molecule has 0 saturated carbocycles. The summed E-state index contributed by atoms with van der Waals surface area (Å²) in [5.41, 5.74) is 9.76. The third-order valence-corrected chi connectivity index (χ3v) is 4.71. The average molecular weight is 381 g/mol. The number of H-pyrrole nitrogens is 1. The zero-order valence-electron chi connectivity index (χ0n) is 16.3. The third-order valence-electron chi connectivity index (χ3n) is 4.71. The second-order valence-electron chi connectivity index (χ2n) is 6.83. The summed E-state index contributed by atoms with van der Waals surface area (Å²) in [5.74, 6) is -0.0000831. The molecule has 0 fully saturated rings. The lowest BCUT2D eigenvalue weighted by Crippen LogP contribution is -2.32. The van der Waals surface area contributed by atoms with E-state index in [1.807, 2.05) is 37.4 Å². The zero-order valence-corrected chi connectivity index (χ0v) is 16.3. The number of benzene rings is 1. The van der Waals surface area contributed by atoms with Crippen LogP contribution in [0.4, 0.5) is 0 Å². The monoisotopic (exact) mass is 381 g/mol. The molecule has 2 heterocycles. The van der Waals surface area contributed by atoms with Crippen LogP contribution in [-0.4, -0.2) is 33.6 Å². The van der Waals surface area contributed by atoms with Crippen LogP contribution in [0.3, 0.4) is 0 Å². The molecule has 0 unspecified atom stereocenters. The Morgan fingerprint density at radius 2 is 2.14 bits per heavy atom.